The van der Waals surface area contributed by atoms with Gasteiger partial charge in [0.15, 0.2) is 0 Å². The van der Waals surface area contributed by atoms with Gasteiger partial charge in [-0.2, -0.15) is 4.98 Å². The van der Waals surface area contributed by atoms with E-state index in [0.717, 1.165) is 81.7 Å². The number of hydrogen-bond donors (Lipinski definition) is 3. The molecule has 192 valence electrons. The van der Waals surface area contributed by atoms with E-state index >= 15 is 0 Å². The van der Waals surface area contributed by atoms with Gasteiger partial charge in [-0.05, 0) is 78.1 Å². The molecule has 1 aromatic heterocycles. The summed E-state index contributed by atoms with van der Waals surface area (Å²) in [6.07, 6.45) is 3.91. The molecule has 3 heterocycles. The number of hydrogen-bond acceptors (Lipinski definition) is 9. The predicted octanol–water partition coefficient (Wildman–Crippen LogP) is 1.37. The predicted molar refractivity (Wildman–Crippen MR) is 141 cm³/mol. The van der Waals surface area contributed by atoms with E-state index in [0.29, 0.717) is 36.4 Å². The Balaban J connectivity index is 1.72. The van der Waals surface area contributed by atoms with Gasteiger partial charge in [0.1, 0.15) is 11.6 Å². The van der Waals surface area contributed by atoms with Crippen molar-refractivity contribution in [3.63, 3.8) is 0 Å². The van der Waals surface area contributed by atoms with E-state index < -0.39 is 0 Å². The number of amides is 1. The first-order valence-electron chi connectivity index (χ1n) is 12.7. The number of ether oxygens (including phenoxy) is 1. The van der Waals surface area contributed by atoms with Gasteiger partial charge in [0.2, 0.25) is 5.95 Å². The Kier molecular flexibility index (Phi) is 8.59. The Bertz CT molecular complexity index is 1010. The number of piperidine rings is 1. The van der Waals surface area contributed by atoms with Crippen molar-refractivity contribution < 1.29 is 9.53 Å². The van der Waals surface area contributed by atoms with Crippen LogP contribution in [0.3, 0.4) is 0 Å². The van der Waals surface area contributed by atoms with Crippen LogP contribution in [0.2, 0.25) is 0 Å². The molecule has 1 amide bonds. The van der Waals surface area contributed by atoms with Crippen LogP contribution in [0.15, 0.2) is 12.1 Å². The SMILES string of the molecule is COc1cc2c(NC3CCN(C)CC3)nc(N3CCCN(C)CC3)nc2cc1C(=O)NCCCN. The fourth-order valence-corrected chi connectivity index (χ4v) is 4.73. The number of carbonyl (C=O) groups excluding carboxylic acids is 1. The average molecular weight is 485 g/mol. The number of benzene rings is 1. The first-order valence-corrected chi connectivity index (χ1v) is 12.7. The van der Waals surface area contributed by atoms with Crippen molar-refractivity contribution in [2.45, 2.75) is 31.7 Å². The lowest BCUT2D eigenvalue weighted by Gasteiger charge is -2.30. The third-order valence-corrected chi connectivity index (χ3v) is 6.98. The van der Waals surface area contributed by atoms with E-state index in [1.165, 1.54) is 0 Å². The summed E-state index contributed by atoms with van der Waals surface area (Å²) < 4.78 is 5.62. The van der Waals surface area contributed by atoms with Gasteiger partial charge in [0.25, 0.3) is 5.91 Å². The van der Waals surface area contributed by atoms with E-state index in [-0.39, 0.29) is 5.91 Å². The van der Waals surface area contributed by atoms with Gasteiger partial charge in [0, 0.05) is 37.6 Å². The van der Waals surface area contributed by atoms with Gasteiger partial charge in [-0.3, -0.25) is 4.79 Å². The number of likely N-dealkylation sites (tertiary alicyclic amines) is 1. The minimum atomic E-state index is -0.182. The Labute approximate surface area is 208 Å². The maximum absolute atomic E-state index is 12.9. The average Bonchev–Trinajstić information content (AvgIpc) is 3.09. The standard InChI is InChI=1S/C25H40N8O2/c1-31-10-5-11-33(15-14-31)25-29-21-16-20(24(34)27-9-4-8-26)22(35-3)17-19(21)23(30-25)28-18-6-12-32(2)13-7-18/h16-18H,4-15,26H2,1-3H3,(H,27,34)(H,28,29,30). The Morgan fingerprint density at radius 1 is 1.09 bits per heavy atom. The number of anilines is 2. The molecule has 1 aromatic carbocycles. The normalized spacial score (nSPS) is 18.5. The molecule has 0 unspecified atom stereocenters. The summed E-state index contributed by atoms with van der Waals surface area (Å²) in [4.78, 5) is 29.8. The fourth-order valence-electron chi connectivity index (χ4n) is 4.73. The molecule has 0 saturated carbocycles. The highest BCUT2D eigenvalue weighted by atomic mass is 16.5. The lowest BCUT2D eigenvalue weighted by molar-refractivity contribution is 0.0950. The zero-order valence-corrected chi connectivity index (χ0v) is 21.3. The molecule has 10 heteroatoms. The monoisotopic (exact) mass is 484 g/mol. The van der Waals surface area contributed by atoms with Gasteiger partial charge >= 0.3 is 0 Å². The minimum Gasteiger partial charge on any atom is -0.496 e. The molecule has 2 saturated heterocycles. The number of aromatic nitrogens is 2. The number of rotatable bonds is 8. The van der Waals surface area contributed by atoms with Crippen LogP contribution in [0.25, 0.3) is 10.9 Å². The molecule has 2 aromatic rings. The molecule has 0 radical (unpaired) electrons. The largest absolute Gasteiger partial charge is 0.496 e. The number of methoxy groups -OCH3 is 1. The summed E-state index contributed by atoms with van der Waals surface area (Å²) in [7, 11) is 5.90. The van der Waals surface area contributed by atoms with Crippen molar-refractivity contribution in [3.05, 3.63) is 17.7 Å². The maximum Gasteiger partial charge on any atom is 0.255 e. The smallest absolute Gasteiger partial charge is 0.255 e. The van der Waals surface area contributed by atoms with Crippen LogP contribution < -0.4 is 26.0 Å². The second-order valence-corrected chi connectivity index (χ2v) is 9.71. The Morgan fingerprint density at radius 2 is 1.86 bits per heavy atom. The molecule has 0 spiro atoms. The molecule has 2 fully saturated rings. The van der Waals surface area contributed by atoms with E-state index in [1.807, 2.05) is 12.1 Å². The second kappa shape index (κ2) is 11.8. The molecule has 4 N–H and O–H groups in total. The van der Waals surface area contributed by atoms with Crippen LogP contribution in [0.1, 0.15) is 36.0 Å². The van der Waals surface area contributed by atoms with Crippen LogP contribution in [0.5, 0.6) is 5.75 Å². The molecular weight excluding hydrogens is 444 g/mol. The first kappa shape index (κ1) is 25.4. The number of nitrogens with zero attached hydrogens (tertiary/aromatic N) is 5. The zero-order valence-electron chi connectivity index (χ0n) is 21.3. The summed E-state index contributed by atoms with van der Waals surface area (Å²) in [6, 6.07) is 4.07. The highest BCUT2D eigenvalue weighted by Crippen LogP contribution is 2.32. The molecular formula is C25H40N8O2. The third-order valence-electron chi connectivity index (χ3n) is 6.98. The maximum atomic E-state index is 12.9. The molecule has 4 rings (SSSR count). The molecule has 2 aliphatic heterocycles. The molecule has 35 heavy (non-hydrogen) atoms. The van der Waals surface area contributed by atoms with E-state index in [2.05, 4.69) is 39.4 Å². The van der Waals surface area contributed by atoms with Gasteiger partial charge in [-0.1, -0.05) is 0 Å². The van der Waals surface area contributed by atoms with Crippen molar-refractivity contribution in [1.82, 2.24) is 25.1 Å². The lowest BCUT2D eigenvalue weighted by Crippen LogP contribution is -2.37. The molecule has 2 aliphatic rings. The van der Waals surface area contributed by atoms with Crippen molar-refractivity contribution >= 4 is 28.6 Å². The van der Waals surface area contributed by atoms with Gasteiger partial charge < -0.3 is 35.8 Å². The number of nitrogens with one attached hydrogen (secondary N) is 2. The third kappa shape index (κ3) is 6.31. The lowest BCUT2D eigenvalue weighted by atomic mass is 10.0. The number of nitrogens with two attached hydrogens (primary N) is 1. The second-order valence-electron chi connectivity index (χ2n) is 9.71. The van der Waals surface area contributed by atoms with Crippen molar-refractivity contribution in [3.8, 4) is 5.75 Å². The Hall–Kier alpha value is -2.69. The highest BCUT2D eigenvalue weighted by Gasteiger charge is 2.23. The number of likely N-dealkylation sites (N-methyl/N-ethyl adjacent to an activating group) is 1. The van der Waals surface area contributed by atoms with Gasteiger partial charge in [-0.25, -0.2) is 4.98 Å². The molecule has 10 nitrogen and oxygen atoms in total. The van der Waals surface area contributed by atoms with E-state index in [9.17, 15) is 4.79 Å². The Morgan fingerprint density at radius 3 is 2.60 bits per heavy atom. The van der Waals surface area contributed by atoms with Crippen LogP contribution in [0, 0.1) is 0 Å². The number of fused-ring (bicyclic) bond motifs is 1. The molecule has 0 atom stereocenters. The zero-order chi connectivity index (χ0) is 24.8. The quantitative estimate of drug-likeness (QED) is 0.478. The van der Waals surface area contributed by atoms with Gasteiger partial charge in [-0.15, -0.1) is 0 Å². The molecule has 0 bridgehead atoms. The van der Waals surface area contributed by atoms with Crippen molar-refractivity contribution in [2.24, 2.45) is 5.73 Å². The fraction of sp³-hybridized carbons (Fsp3) is 0.640. The van der Waals surface area contributed by atoms with Crippen LogP contribution in [-0.2, 0) is 0 Å². The molecule has 0 aliphatic carbocycles. The van der Waals surface area contributed by atoms with Crippen LogP contribution in [0.4, 0.5) is 11.8 Å². The van der Waals surface area contributed by atoms with Crippen LogP contribution >= 0.6 is 0 Å². The summed E-state index contributed by atoms with van der Waals surface area (Å²) in [5, 5.41) is 7.51. The topological polar surface area (TPSA) is 112 Å². The van der Waals surface area contributed by atoms with Crippen molar-refractivity contribution in [1.29, 1.82) is 0 Å². The first-order chi connectivity index (χ1) is 17.0. The highest BCUT2D eigenvalue weighted by molar-refractivity contribution is 6.03. The van der Waals surface area contributed by atoms with Crippen LogP contribution in [-0.4, -0.2) is 105 Å². The number of carbonyl (C=O) groups is 1. The van der Waals surface area contributed by atoms with Crippen molar-refractivity contribution in [2.75, 3.05) is 83.8 Å². The minimum absolute atomic E-state index is 0.182. The summed E-state index contributed by atoms with van der Waals surface area (Å²) >= 11 is 0. The summed E-state index contributed by atoms with van der Waals surface area (Å²) in [5.74, 6) is 1.86. The van der Waals surface area contributed by atoms with Gasteiger partial charge in [0.05, 0.1) is 18.2 Å². The summed E-state index contributed by atoms with van der Waals surface area (Å²) in [5.41, 5.74) is 6.80. The summed E-state index contributed by atoms with van der Waals surface area (Å²) in [6.45, 7) is 6.99. The van der Waals surface area contributed by atoms with E-state index in [1.54, 1.807) is 7.11 Å². The van der Waals surface area contributed by atoms with E-state index in [4.69, 9.17) is 20.4 Å².